The Bertz CT molecular complexity index is 958. The maximum Gasteiger partial charge on any atom is 0.264 e. The van der Waals surface area contributed by atoms with Crippen molar-refractivity contribution in [3.8, 4) is 0 Å². The molecule has 150 valence electrons. The third-order valence-corrected chi connectivity index (χ3v) is 6.88. The van der Waals surface area contributed by atoms with Crippen molar-refractivity contribution in [3.05, 3.63) is 59.1 Å². The number of carbonyl (C=O) groups is 1. The van der Waals surface area contributed by atoms with E-state index in [-0.39, 0.29) is 10.8 Å². The molecule has 0 spiro atoms. The quantitative estimate of drug-likeness (QED) is 0.634. The van der Waals surface area contributed by atoms with E-state index in [1.54, 1.807) is 36.4 Å². The number of sulfonamides is 1. The minimum atomic E-state index is -3.81. The molecule has 0 heterocycles. The Balaban J connectivity index is 1.87. The number of carbonyl (C=O) groups excluding carboxylic acids is 1. The lowest BCUT2D eigenvalue weighted by molar-refractivity contribution is 0.0747. The average Bonchev–Trinajstić information content (AvgIpc) is 3.50. The molecule has 1 aliphatic carbocycles. The first-order chi connectivity index (χ1) is 13.3. The number of rotatable bonds is 8. The van der Waals surface area contributed by atoms with Crippen molar-refractivity contribution < 1.29 is 13.2 Å². The summed E-state index contributed by atoms with van der Waals surface area (Å²) in [6, 6.07) is 12.9. The first-order valence-electron chi connectivity index (χ1n) is 9.46. The fourth-order valence-corrected chi connectivity index (χ4v) is 4.52. The van der Waals surface area contributed by atoms with Gasteiger partial charge in [0.1, 0.15) is 0 Å². The molecule has 2 aromatic rings. The van der Waals surface area contributed by atoms with Crippen molar-refractivity contribution in [1.29, 1.82) is 0 Å². The first-order valence-corrected chi connectivity index (χ1v) is 11.3. The molecule has 1 amide bonds. The van der Waals surface area contributed by atoms with Gasteiger partial charge in [-0.05, 0) is 61.6 Å². The van der Waals surface area contributed by atoms with Crippen LogP contribution in [0.5, 0.6) is 0 Å². The molecule has 0 bridgehead atoms. The van der Waals surface area contributed by atoms with Crippen LogP contribution in [-0.4, -0.2) is 39.4 Å². The molecule has 0 saturated heterocycles. The van der Waals surface area contributed by atoms with Gasteiger partial charge in [-0.3, -0.25) is 9.10 Å². The zero-order valence-electron chi connectivity index (χ0n) is 16.1. The molecule has 2 aromatic carbocycles. The molecule has 5 nitrogen and oxygen atoms in total. The second-order valence-corrected chi connectivity index (χ2v) is 9.58. The highest BCUT2D eigenvalue weighted by Crippen LogP contribution is 2.30. The highest BCUT2D eigenvalue weighted by atomic mass is 35.5. The topological polar surface area (TPSA) is 57.7 Å². The Kier molecular flexibility index (Phi) is 6.30. The second kappa shape index (κ2) is 8.53. The van der Waals surface area contributed by atoms with Crippen molar-refractivity contribution in [2.45, 2.75) is 31.1 Å². The first kappa shape index (κ1) is 20.7. The Morgan fingerprint density at radius 3 is 2.50 bits per heavy atom. The van der Waals surface area contributed by atoms with Crippen LogP contribution in [0.25, 0.3) is 0 Å². The van der Waals surface area contributed by atoms with E-state index in [1.165, 1.54) is 23.5 Å². The lowest BCUT2D eigenvalue weighted by Gasteiger charge is -2.23. The molecule has 1 fully saturated rings. The monoisotopic (exact) mass is 420 g/mol. The van der Waals surface area contributed by atoms with Crippen LogP contribution < -0.4 is 4.31 Å². The maximum absolute atomic E-state index is 13.1. The third kappa shape index (κ3) is 4.67. The van der Waals surface area contributed by atoms with E-state index in [0.717, 1.165) is 25.8 Å². The fraction of sp³-hybridized carbons (Fsp3) is 0.381. The standard InChI is InChI=1S/C21H25ClN2O3S/c1-3-12-24(15-16-10-11-16)21(25)17-6-4-9-20(13-17)28(26,27)23(2)19-8-5-7-18(22)14-19/h4-9,13-14,16H,3,10-12,15H2,1-2H3. The lowest BCUT2D eigenvalue weighted by atomic mass is 10.2. The van der Waals surface area contributed by atoms with E-state index in [0.29, 0.717) is 28.7 Å². The van der Waals surface area contributed by atoms with Crippen LogP contribution in [0.1, 0.15) is 36.5 Å². The molecule has 0 radical (unpaired) electrons. The normalized spacial score (nSPS) is 14.0. The zero-order chi connectivity index (χ0) is 20.3. The summed E-state index contributed by atoms with van der Waals surface area (Å²) in [6.45, 7) is 3.45. The zero-order valence-corrected chi connectivity index (χ0v) is 17.7. The molecule has 0 N–H and O–H groups in total. The van der Waals surface area contributed by atoms with Crippen LogP contribution >= 0.6 is 11.6 Å². The molecular weight excluding hydrogens is 396 g/mol. The van der Waals surface area contributed by atoms with Crippen molar-refractivity contribution in [2.75, 3.05) is 24.4 Å². The number of hydrogen-bond acceptors (Lipinski definition) is 3. The van der Waals surface area contributed by atoms with E-state index in [4.69, 9.17) is 11.6 Å². The summed E-state index contributed by atoms with van der Waals surface area (Å²) in [5.41, 5.74) is 0.861. The predicted molar refractivity (Wildman–Crippen MR) is 112 cm³/mol. The van der Waals surface area contributed by atoms with Gasteiger partial charge >= 0.3 is 0 Å². The summed E-state index contributed by atoms with van der Waals surface area (Å²) in [5.74, 6) is 0.465. The highest BCUT2D eigenvalue weighted by molar-refractivity contribution is 7.92. The molecule has 0 unspecified atom stereocenters. The smallest absolute Gasteiger partial charge is 0.264 e. The number of hydrogen-bond donors (Lipinski definition) is 0. The Labute approximate surface area is 172 Å². The van der Waals surface area contributed by atoms with Gasteiger partial charge in [-0.2, -0.15) is 0 Å². The van der Waals surface area contributed by atoms with Crippen molar-refractivity contribution in [1.82, 2.24) is 4.90 Å². The van der Waals surface area contributed by atoms with Crippen molar-refractivity contribution in [3.63, 3.8) is 0 Å². The van der Waals surface area contributed by atoms with Gasteiger partial charge in [-0.15, -0.1) is 0 Å². The molecule has 7 heteroatoms. The molecule has 0 atom stereocenters. The summed E-state index contributed by atoms with van der Waals surface area (Å²) < 4.78 is 27.3. The van der Waals surface area contributed by atoms with E-state index >= 15 is 0 Å². The number of amides is 1. The van der Waals surface area contributed by atoms with E-state index in [2.05, 4.69) is 0 Å². The number of anilines is 1. The van der Waals surface area contributed by atoms with E-state index < -0.39 is 10.0 Å². The molecular formula is C21H25ClN2O3S. The maximum atomic E-state index is 13.1. The van der Waals surface area contributed by atoms with Crippen LogP contribution in [0.3, 0.4) is 0 Å². The number of nitrogens with zero attached hydrogens (tertiary/aromatic N) is 2. The highest BCUT2D eigenvalue weighted by Gasteiger charge is 2.28. The summed E-state index contributed by atoms with van der Waals surface area (Å²) in [7, 11) is -2.33. The summed E-state index contributed by atoms with van der Waals surface area (Å²) in [5, 5.41) is 0.457. The molecule has 28 heavy (non-hydrogen) atoms. The van der Waals surface area contributed by atoms with Crippen LogP contribution in [0.15, 0.2) is 53.4 Å². The SMILES string of the molecule is CCCN(CC1CC1)C(=O)c1cccc(S(=O)(=O)N(C)c2cccc(Cl)c2)c1. The van der Waals surface area contributed by atoms with E-state index in [9.17, 15) is 13.2 Å². The van der Waals surface area contributed by atoms with Gasteiger partial charge in [-0.25, -0.2) is 8.42 Å². The minimum Gasteiger partial charge on any atom is -0.338 e. The Morgan fingerprint density at radius 2 is 1.86 bits per heavy atom. The van der Waals surface area contributed by atoms with Gasteiger partial charge in [0.25, 0.3) is 15.9 Å². The van der Waals surface area contributed by atoms with Crippen molar-refractivity contribution >= 4 is 33.2 Å². The summed E-state index contributed by atoms with van der Waals surface area (Å²) >= 11 is 5.99. The van der Waals surface area contributed by atoms with Gasteiger partial charge in [0.2, 0.25) is 0 Å². The molecule has 0 aliphatic heterocycles. The van der Waals surface area contributed by atoms with Crippen LogP contribution in [0.4, 0.5) is 5.69 Å². The van der Waals surface area contributed by atoms with Crippen LogP contribution in [-0.2, 0) is 10.0 Å². The van der Waals surface area contributed by atoms with Gasteiger partial charge < -0.3 is 4.90 Å². The second-order valence-electron chi connectivity index (χ2n) is 7.17. The molecule has 3 rings (SSSR count). The van der Waals surface area contributed by atoms with Crippen LogP contribution in [0, 0.1) is 5.92 Å². The molecule has 1 saturated carbocycles. The minimum absolute atomic E-state index is 0.0868. The molecule has 0 aromatic heterocycles. The third-order valence-electron chi connectivity index (χ3n) is 4.87. The van der Waals surface area contributed by atoms with Gasteiger partial charge in [0, 0.05) is 30.7 Å². The largest absolute Gasteiger partial charge is 0.338 e. The predicted octanol–water partition coefficient (Wildman–Crippen LogP) is 4.43. The summed E-state index contributed by atoms with van der Waals surface area (Å²) in [6.07, 6.45) is 3.19. The van der Waals surface area contributed by atoms with E-state index in [1.807, 2.05) is 11.8 Å². The number of benzene rings is 2. The summed E-state index contributed by atoms with van der Waals surface area (Å²) in [4.78, 5) is 14.9. The van der Waals surface area contributed by atoms with Crippen LogP contribution in [0.2, 0.25) is 5.02 Å². The van der Waals surface area contributed by atoms with Gasteiger partial charge in [0.15, 0.2) is 0 Å². The Morgan fingerprint density at radius 1 is 1.14 bits per heavy atom. The average molecular weight is 421 g/mol. The molecule has 1 aliphatic rings. The lowest BCUT2D eigenvalue weighted by Crippen LogP contribution is -2.34. The van der Waals surface area contributed by atoms with Gasteiger partial charge in [-0.1, -0.05) is 30.7 Å². The Hall–Kier alpha value is -2.05. The number of halogens is 1. The van der Waals surface area contributed by atoms with Crippen molar-refractivity contribution in [2.24, 2.45) is 5.92 Å². The fourth-order valence-electron chi connectivity index (χ4n) is 3.10. The van der Waals surface area contributed by atoms with Gasteiger partial charge in [0.05, 0.1) is 10.6 Å².